The molecule has 0 bridgehead atoms. The summed E-state index contributed by atoms with van der Waals surface area (Å²) < 4.78 is 27.0. The Balaban J connectivity index is 1.70. The summed E-state index contributed by atoms with van der Waals surface area (Å²) in [4.78, 5) is 2.68. The lowest BCUT2D eigenvalue weighted by molar-refractivity contribution is 0.0127. The molecule has 6 heteroatoms. The Hall–Kier alpha value is -0.950. The van der Waals surface area contributed by atoms with Gasteiger partial charge in [-0.05, 0) is 31.9 Å². The number of hydrogen-bond acceptors (Lipinski definition) is 4. The highest BCUT2D eigenvalue weighted by Crippen LogP contribution is 2.35. The molecule has 1 N–H and O–H groups in total. The first-order chi connectivity index (χ1) is 11.0. The Morgan fingerprint density at radius 2 is 1.61 bits per heavy atom. The molecular formula is C17H26N2O3S. The van der Waals surface area contributed by atoms with Crippen molar-refractivity contribution < 1.29 is 13.5 Å². The van der Waals surface area contributed by atoms with E-state index >= 15 is 0 Å². The fourth-order valence-corrected chi connectivity index (χ4v) is 5.29. The van der Waals surface area contributed by atoms with E-state index in [1.54, 1.807) is 16.4 Å². The number of hydrogen-bond donors (Lipinski definition) is 1. The van der Waals surface area contributed by atoms with Gasteiger partial charge < -0.3 is 5.11 Å². The molecule has 1 aromatic carbocycles. The van der Waals surface area contributed by atoms with Crippen LogP contribution in [0.1, 0.15) is 31.2 Å². The largest absolute Gasteiger partial charge is 0.394 e. The number of piperazine rings is 1. The van der Waals surface area contributed by atoms with Crippen LogP contribution in [0.3, 0.4) is 0 Å². The molecule has 0 amide bonds. The molecule has 1 aliphatic carbocycles. The van der Waals surface area contributed by atoms with Crippen molar-refractivity contribution in [1.82, 2.24) is 9.21 Å². The van der Waals surface area contributed by atoms with Gasteiger partial charge >= 0.3 is 0 Å². The smallest absolute Gasteiger partial charge is 0.243 e. The van der Waals surface area contributed by atoms with E-state index in [1.165, 1.54) is 0 Å². The van der Waals surface area contributed by atoms with Crippen molar-refractivity contribution in [3.05, 3.63) is 29.8 Å². The third-order valence-electron chi connectivity index (χ3n) is 5.40. The summed E-state index contributed by atoms with van der Waals surface area (Å²) in [5.74, 6) is 0. The molecule has 1 heterocycles. The van der Waals surface area contributed by atoms with Gasteiger partial charge in [0.2, 0.25) is 10.0 Å². The minimum Gasteiger partial charge on any atom is -0.394 e. The quantitative estimate of drug-likeness (QED) is 0.906. The van der Waals surface area contributed by atoms with Crippen LogP contribution in [0.5, 0.6) is 0 Å². The van der Waals surface area contributed by atoms with Crippen LogP contribution in [0.25, 0.3) is 0 Å². The van der Waals surface area contributed by atoms with Crippen LogP contribution in [-0.2, 0) is 10.0 Å². The lowest BCUT2D eigenvalue weighted by Gasteiger charge is -2.44. The molecule has 1 saturated heterocycles. The van der Waals surface area contributed by atoms with Crippen molar-refractivity contribution in [2.75, 3.05) is 32.8 Å². The van der Waals surface area contributed by atoms with Crippen LogP contribution in [0, 0.1) is 6.92 Å². The lowest BCUT2D eigenvalue weighted by atomic mass is 9.95. The summed E-state index contributed by atoms with van der Waals surface area (Å²) in [5, 5.41) is 9.83. The summed E-state index contributed by atoms with van der Waals surface area (Å²) in [7, 11) is -3.41. The predicted octanol–water partition coefficient (Wildman–Crippen LogP) is 1.61. The maximum Gasteiger partial charge on any atom is 0.243 e. The van der Waals surface area contributed by atoms with Crippen molar-refractivity contribution in [3.8, 4) is 0 Å². The second-order valence-corrected chi connectivity index (χ2v) is 8.73. The zero-order valence-corrected chi connectivity index (χ0v) is 14.6. The van der Waals surface area contributed by atoms with E-state index in [2.05, 4.69) is 4.90 Å². The van der Waals surface area contributed by atoms with Gasteiger partial charge in [0.25, 0.3) is 0 Å². The summed E-state index contributed by atoms with van der Waals surface area (Å²) in [6.07, 6.45) is 4.35. The molecule has 0 aromatic heterocycles. The lowest BCUT2D eigenvalue weighted by Crippen LogP contribution is -2.58. The second kappa shape index (κ2) is 6.51. The highest BCUT2D eigenvalue weighted by atomic mass is 32.2. The second-order valence-electron chi connectivity index (χ2n) is 6.79. The van der Waals surface area contributed by atoms with Gasteiger partial charge in [0.05, 0.1) is 11.5 Å². The van der Waals surface area contributed by atoms with E-state index in [9.17, 15) is 13.5 Å². The SMILES string of the molecule is Cc1ccc(S(=O)(=O)N2CCN(C3(CO)CCCC3)CC2)cc1. The van der Waals surface area contributed by atoms with E-state index < -0.39 is 10.0 Å². The normalized spacial score (nSPS) is 23.2. The van der Waals surface area contributed by atoms with Crippen molar-refractivity contribution in [2.45, 2.75) is 43.0 Å². The van der Waals surface area contributed by atoms with Crippen molar-refractivity contribution >= 4 is 10.0 Å². The number of sulfonamides is 1. The van der Waals surface area contributed by atoms with Crippen molar-refractivity contribution in [3.63, 3.8) is 0 Å². The topological polar surface area (TPSA) is 60.9 Å². The van der Waals surface area contributed by atoms with E-state index in [0.717, 1.165) is 31.2 Å². The van der Waals surface area contributed by atoms with Crippen LogP contribution in [0.4, 0.5) is 0 Å². The van der Waals surface area contributed by atoms with Gasteiger partial charge in [-0.15, -0.1) is 0 Å². The highest BCUT2D eigenvalue weighted by molar-refractivity contribution is 7.89. The minimum atomic E-state index is -3.41. The van der Waals surface area contributed by atoms with E-state index in [4.69, 9.17) is 0 Å². The predicted molar refractivity (Wildman–Crippen MR) is 89.8 cm³/mol. The Morgan fingerprint density at radius 3 is 2.13 bits per heavy atom. The average Bonchev–Trinajstić information content (AvgIpc) is 3.06. The maximum atomic E-state index is 12.7. The van der Waals surface area contributed by atoms with E-state index in [0.29, 0.717) is 31.1 Å². The van der Waals surface area contributed by atoms with Gasteiger partial charge in [0.1, 0.15) is 0 Å². The Morgan fingerprint density at radius 1 is 1.04 bits per heavy atom. The molecule has 1 aromatic rings. The molecule has 23 heavy (non-hydrogen) atoms. The van der Waals surface area contributed by atoms with Gasteiger partial charge in [-0.1, -0.05) is 30.5 Å². The minimum absolute atomic E-state index is 0.111. The van der Waals surface area contributed by atoms with Gasteiger partial charge in [-0.3, -0.25) is 4.90 Å². The summed E-state index contributed by atoms with van der Waals surface area (Å²) >= 11 is 0. The molecule has 2 aliphatic rings. The molecule has 0 unspecified atom stereocenters. The molecule has 0 atom stereocenters. The Kier molecular flexibility index (Phi) is 4.78. The fraction of sp³-hybridized carbons (Fsp3) is 0.647. The summed E-state index contributed by atoms with van der Waals surface area (Å²) in [5.41, 5.74) is 0.944. The highest BCUT2D eigenvalue weighted by Gasteiger charge is 2.41. The number of aliphatic hydroxyl groups excluding tert-OH is 1. The number of rotatable bonds is 4. The van der Waals surface area contributed by atoms with Gasteiger partial charge in [0.15, 0.2) is 0 Å². The van der Waals surface area contributed by atoms with Crippen LogP contribution >= 0.6 is 0 Å². The van der Waals surface area contributed by atoms with Crippen LogP contribution < -0.4 is 0 Å². The first-order valence-electron chi connectivity index (χ1n) is 8.41. The van der Waals surface area contributed by atoms with Crippen LogP contribution in [0.15, 0.2) is 29.2 Å². The van der Waals surface area contributed by atoms with Crippen molar-refractivity contribution in [2.24, 2.45) is 0 Å². The summed E-state index contributed by atoms with van der Waals surface area (Å²) in [6.45, 7) is 4.52. The van der Waals surface area contributed by atoms with Gasteiger partial charge in [-0.25, -0.2) is 8.42 Å². The number of nitrogens with zero attached hydrogens (tertiary/aromatic N) is 2. The standard InChI is InChI=1S/C17H26N2O3S/c1-15-4-6-16(7-5-15)23(21,22)19-12-10-18(11-13-19)17(14-20)8-2-3-9-17/h4-7,20H,2-3,8-14H2,1H3. The molecule has 3 rings (SSSR count). The van der Waals surface area contributed by atoms with Gasteiger partial charge in [0, 0.05) is 31.7 Å². The zero-order valence-electron chi connectivity index (χ0n) is 13.7. The average molecular weight is 338 g/mol. The fourth-order valence-electron chi connectivity index (χ4n) is 3.87. The van der Waals surface area contributed by atoms with E-state index in [-0.39, 0.29) is 12.1 Å². The van der Waals surface area contributed by atoms with Crippen LogP contribution in [-0.4, -0.2) is 61.1 Å². The Labute approximate surface area is 139 Å². The molecular weight excluding hydrogens is 312 g/mol. The Bertz CT molecular complexity index is 628. The molecule has 1 aliphatic heterocycles. The number of aryl methyl sites for hydroxylation is 1. The third kappa shape index (κ3) is 3.18. The van der Waals surface area contributed by atoms with Crippen molar-refractivity contribution in [1.29, 1.82) is 0 Å². The number of benzene rings is 1. The third-order valence-corrected chi connectivity index (χ3v) is 7.31. The first-order valence-corrected chi connectivity index (χ1v) is 9.85. The monoisotopic (exact) mass is 338 g/mol. The molecule has 128 valence electrons. The molecule has 5 nitrogen and oxygen atoms in total. The van der Waals surface area contributed by atoms with E-state index in [1.807, 2.05) is 19.1 Å². The van der Waals surface area contributed by atoms with Crippen LogP contribution in [0.2, 0.25) is 0 Å². The summed E-state index contributed by atoms with van der Waals surface area (Å²) in [6, 6.07) is 7.04. The number of aliphatic hydroxyl groups is 1. The molecule has 0 spiro atoms. The van der Waals surface area contributed by atoms with Gasteiger partial charge in [-0.2, -0.15) is 4.31 Å². The first kappa shape index (κ1) is 16.9. The molecule has 2 fully saturated rings. The maximum absolute atomic E-state index is 12.7. The molecule has 0 radical (unpaired) electrons. The molecule has 1 saturated carbocycles. The zero-order chi connectivity index (χ0) is 16.5.